The van der Waals surface area contributed by atoms with Gasteiger partial charge in [0, 0.05) is 5.69 Å². The molecule has 0 aliphatic rings. The topological polar surface area (TPSA) is 104 Å². The Morgan fingerprint density at radius 2 is 1.63 bits per heavy atom. The van der Waals surface area contributed by atoms with Crippen molar-refractivity contribution in [3.63, 3.8) is 0 Å². The average molecular weight is 365 g/mol. The summed E-state index contributed by atoms with van der Waals surface area (Å²) in [4.78, 5) is 39.3. The van der Waals surface area contributed by atoms with E-state index in [-0.39, 0.29) is 5.56 Å². The highest BCUT2D eigenvalue weighted by Crippen LogP contribution is 2.17. The van der Waals surface area contributed by atoms with Crippen LogP contribution in [-0.4, -0.2) is 16.8 Å². The zero-order valence-corrected chi connectivity index (χ0v) is 15.2. The fourth-order valence-electron chi connectivity index (χ4n) is 2.74. The molecule has 0 saturated carbocycles. The van der Waals surface area contributed by atoms with Gasteiger partial charge in [-0.1, -0.05) is 23.8 Å². The van der Waals surface area contributed by atoms with Crippen molar-refractivity contribution in [2.24, 2.45) is 0 Å². The summed E-state index contributed by atoms with van der Waals surface area (Å²) < 4.78 is 5.28. The number of benzene rings is 1. The molecule has 0 fully saturated rings. The van der Waals surface area contributed by atoms with Crippen molar-refractivity contribution in [1.29, 1.82) is 0 Å². The van der Waals surface area contributed by atoms with Crippen molar-refractivity contribution in [2.75, 3.05) is 0 Å². The molecule has 7 heteroatoms. The monoisotopic (exact) mass is 365 g/mol. The molecular formula is C20H19N3O4. The lowest BCUT2D eigenvalue weighted by Gasteiger charge is -2.08. The van der Waals surface area contributed by atoms with Crippen molar-refractivity contribution in [2.45, 2.75) is 20.8 Å². The first kappa shape index (κ1) is 18.2. The molecule has 0 unspecified atom stereocenters. The van der Waals surface area contributed by atoms with E-state index in [0.717, 1.165) is 11.1 Å². The number of aryl methyl sites for hydroxylation is 3. The summed E-state index contributed by atoms with van der Waals surface area (Å²) in [6, 6.07) is 12.3. The Bertz CT molecular complexity index is 1080. The SMILES string of the molecule is Cc1cccc(-c2ccc(C(=O)NNC(=O)c3cc(C)oc3C)c(=O)[nH]2)c1. The first-order valence-corrected chi connectivity index (χ1v) is 8.33. The second kappa shape index (κ2) is 7.33. The number of aromatic amines is 1. The highest BCUT2D eigenvalue weighted by molar-refractivity contribution is 5.99. The van der Waals surface area contributed by atoms with Crippen LogP contribution in [0.2, 0.25) is 0 Å². The zero-order valence-electron chi connectivity index (χ0n) is 15.2. The molecule has 0 bridgehead atoms. The van der Waals surface area contributed by atoms with Gasteiger partial charge in [-0.25, -0.2) is 0 Å². The number of hydrogen-bond acceptors (Lipinski definition) is 4. The average Bonchev–Trinajstić information content (AvgIpc) is 2.97. The van der Waals surface area contributed by atoms with Crippen molar-refractivity contribution in [1.82, 2.24) is 15.8 Å². The first-order valence-electron chi connectivity index (χ1n) is 8.33. The van der Waals surface area contributed by atoms with Crippen LogP contribution < -0.4 is 16.4 Å². The molecule has 0 saturated heterocycles. The number of aromatic nitrogens is 1. The minimum atomic E-state index is -0.710. The largest absolute Gasteiger partial charge is 0.466 e. The summed E-state index contributed by atoms with van der Waals surface area (Å²) in [5.74, 6) is -0.199. The van der Waals surface area contributed by atoms with Crippen LogP contribution in [0.4, 0.5) is 0 Å². The predicted octanol–water partition coefficient (Wildman–Crippen LogP) is 2.63. The summed E-state index contributed by atoms with van der Waals surface area (Å²) in [6.07, 6.45) is 0. The number of carbonyl (C=O) groups is 2. The smallest absolute Gasteiger partial charge is 0.275 e. The van der Waals surface area contributed by atoms with Crippen LogP contribution in [0, 0.1) is 20.8 Å². The lowest BCUT2D eigenvalue weighted by Crippen LogP contribution is -2.43. The predicted molar refractivity (Wildman–Crippen MR) is 100 cm³/mol. The fourth-order valence-corrected chi connectivity index (χ4v) is 2.74. The molecule has 1 aromatic carbocycles. The minimum absolute atomic E-state index is 0.105. The summed E-state index contributed by atoms with van der Waals surface area (Å²) in [5, 5.41) is 0. The maximum absolute atomic E-state index is 12.3. The van der Waals surface area contributed by atoms with E-state index in [1.807, 2.05) is 31.2 Å². The van der Waals surface area contributed by atoms with Crippen LogP contribution in [0.1, 0.15) is 37.8 Å². The van der Waals surface area contributed by atoms with Crippen LogP contribution >= 0.6 is 0 Å². The van der Waals surface area contributed by atoms with Gasteiger partial charge in [0.05, 0.1) is 5.56 Å². The zero-order chi connectivity index (χ0) is 19.6. The number of nitrogens with one attached hydrogen (secondary N) is 3. The number of carbonyl (C=O) groups excluding carboxylic acids is 2. The summed E-state index contributed by atoms with van der Waals surface area (Å²) >= 11 is 0. The van der Waals surface area contributed by atoms with Crippen LogP contribution in [0.5, 0.6) is 0 Å². The maximum Gasteiger partial charge on any atom is 0.275 e. The molecule has 0 atom stereocenters. The van der Waals surface area contributed by atoms with Gasteiger partial charge in [0.1, 0.15) is 17.1 Å². The lowest BCUT2D eigenvalue weighted by atomic mass is 10.1. The van der Waals surface area contributed by atoms with E-state index in [9.17, 15) is 14.4 Å². The highest BCUT2D eigenvalue weighted by atomic mass is 16.3. The minimum Gasteiger partial charge on any atom is -0.466 e. The third kappa shape index (κ3) is 3.98. The van der Waals surface area contributed by atoms with E-state index in [2.05, 4.69) is 15.8 Å². The second-order valence-corrected chi connectivity index (χ2v) is 6.22. The molecule has 7 nitrogen and oxygen atoms in total. The van der Waals surface area contributed by atoms with E-state index in [4.69, 9.17) is 4.42 Å². The van der Waals surface area contributed by atoms with Crippen molar-refractivity contribution >= 4 is 11.8 Å². The summed E-state index contributed by atoms with van der Waals surface area (Å²) in [5.41, 5.74) is 6.70. The van der Waals surface area contributed by atoms with Crippen LogP contribution in [0.3, 0.4) is 0 Å². The van der Waals surface area contributed by atoms with Crippen molar-refractivity contribution in [3.05, 3.63) is 81.0 Å². The molecule has 2 heterocycles. The number of hydrogen-bond donors (Lipinski definition) is 3. The Kier molecular flexibility index (Phi) is 4.94. The van der Waals surface area contributed by atoms with E-state index in [1.165, 1.54) is 6.07 Å². The quantitative estimate of drug-likeness (QED) is 0.621. The fraction of sp³-hybridized carbons (Fsp3) is 0.150. The van der Waals surface area contributed by atoms with Crippen molar-refractivity contribution < 1.29 is 14.0 Å². The van der Waals surface area contributed by atoms with E-state index in [0.29, 0.717) is 22.8 Å². The lowest BCUT2D eigenvalue weighted by molar-refractivity contribution is 0.0845. The molecule has 3 N–H and O–H groups in total. The van der Waals surface area contributed by atoms with Gasteiger partial charge in [0.15, 0.2) is 0 Å². The third-order valence-electron chi connectivity index (χ3n) is 4.06. The number of hydrazine groups is 1. The van der Waals surface area contributed by atoms with E-state index >= 15 is 0 Å². The number of amides is 2. The number of furan rings is 1. The molecule has 0 aliphatic carbocycles. The standard InChI is InChI=1S/C20H19N3O4/c1-11-5-4-6-14(9-11)17-8-7-15(18(24)21-17)19(25)22-23-20(26)16-10-12(2)27-13(16)3/h4-10H,1-3H3,(H,21,24)(H,22,25)(H,23,26). The number of rotatable bonds is 3. The Hall–Kier alpha value is -3.61. The number of pyridine rings is 1. The highest BCUT2D eigenvalue weighted by Gasteiger charge is 2.16. The molecule has 3 rings (SSSR count). The van der Waals surface area contributed by atoms with Crippen molar-refractivity contribution in [3.8, 4) is 11.3 Å². The molecule has 138 valence electrons. The van der Waals surface area contributed by atoms with Gasteiger partial charge in [-0.3, -0.25) is 25.2 Å². The first-order chi connectivity index (χ1) is 12.8. The molecular weight excluding hydrogens is 346 g/mol. The van der Waals surface area contributed by atoms with Crippen LogP contribution in [0.15, 0.2) is 51.7 Å². The van der Waals surface area contributed by atoms with Gasteiger partial charge in [-0.15, -0.1) is 0 Å². The molecule has 2 aromatic heterocycles. The summed E-state index contributed by atoms with van der Waals surface area (Å²) in [6.45, 7) is 5.32. The Morgan fingerprint density at radius 1 is 0.926 bits per heavy atom. The molecule has 27 heavy (non-hydrogen) atoms. The summed E-state index contributed by atoms with van der Waals surface area (Å²) in [7, 11) is 0. The van der Waals surface area contributed by atoms with Gasteiger partial charge < -0.3 is 9.40 Å². The molecule has 0 radical (unpaired) electrons. The maximum atomic E-state index is 12.3. The molecule has 0 spiro atoms. The van der Waals surface area contributed by atoms with Gasteiger partial charge in [-0.05, 0) is 50.6 Å². The van der Waals surface area contributed by atoms with Gasteiger partial charge in [0.2, 0.25) is 0 Å². The molecule has 3 aromatic rings. The Labute approximate surface area is 155 Å². The van der Waals surface area contributed by atoms with Gasteiger partial charge in [0.25, 0.3) is 17.4 Å². The van der Waals surface area contributed by atoms with Crippen LogP contribution in [-0.2, 0) is 0 Å². The third-order valence-corrected chi connectivity index (χ3v) is 4.06. The normalized spacial score (nSPS) is 10.5. The molecule has 2 amide bonds. The van der Waals surface area contributed by atoms with E-state index < -0.39 is 17.4 Å². The Balaban J connectivity index is 1.73. The number of H-pyrrole nitrogens is 1. The van der Waals surface area contributed by atoms with Crippen LogP contribution in [0.25, 0.3) is 11.3 Å². The second-order valence-electron chi connectivity index (χ2n) is 6.22. The Morgan fingerprint density at radius 3 is 2.22 bits per heavy atom. The van der Waals surface area contributed by atoms with Gasteiger partial charge in [-0.2, -0.15) is 0 Å². The van der Waals surface area contributed by atoms with E-state index in [1.54, 1.807) is 26.0 Å². The van der Waals surface area contributed by atoms with Gasteiger partial charge >= 0.3 is 0 Å². The molecule has 0 aliphatic heterocycles.